The van der Waals surface area contributed by atoms with Crippen LogP contribution in [0.2, 0.25) is 0 Å². The van der Waals surface area contributed by atoms with Crippen molar-refractivity contribution in [2.45, 2.75) is 6.54 Å². The van der Waals surface area contributed by atoms with E-state index in [0.717, 1.165) is 10.0 Å². The third-order valence-electron chi connectivity index (χ3n) is 2.38. The first-order valence-corrected chi connectivity index (χ1v) is 6.93. The van der Waals surface area contributed by atoms with Gasteiger partial charge in [0, 0.05) is 27.8 Å². The minimum Gasteiger partial charge on any atom is -0.360 e. The first-order chi connectivity index (χ1) is 9.06. The SMILES string of the molecule is O=[N+]([O-])c1cc(Br)cnc1NCc1cccc(Br)c1. The standard InChI is InChI=1S/C12H9Br2N3O2/c13-9-3-1-2-8(4-9)6-15-12-11(17(18)19)5-10(14)7-16-12/h1-5,7H,6H2,(H,15,16). The third-order valence-corrected chi connectivity index (χ3v) is 3.31. The van der Waals surface area contributed by atoms with Crippen LogP contribution in [-0.4, -0.2) is 9.91 Å². The van der Waals surface area contributed by atoms with Gasteiger partial charge in [-0.25, -0.2) is 4.98 Å². The zero-order valence-corrected chi connectivity index (χ0v) is 12.8. The molecule has 2 rings (SSSR count). The molecule has 1 N–H and O–H groups in total. The molecule has 7 heteroatoms. The van der Waals surface area contributed by atoms with Crippen molar-refractivity contribution in [3.63, 3.8) is 0 Å². The number of nitro groups is 1. The first-order valence-electron chi connectivity index (χ1n) is 5.34. The molecular weight excluding hydrogens is 378 g/mol. The Morgan fingerprint density at radius 3 is 2.74 bits per heavy atom. The Morgan fingerprint density at radius 2 is 2.05 bits per heavy atom. The molecule has 1 aromatic carbocycles. The highest BCUT2D eigenvalue weighted by Gasteiger charge is 2.15. The second-order valence-electron chi connectivity index (χ2n) is 3.76. The van der Waals surface area contributed by atoms with Crippen molar-refractivity contribution < 1.29 is 4.92 Å². The third kappa shape index (κ3) is 3.74. The summed E-state index contributed by atoms with van der Waals surface area (Å²) in [5.41, 5.74) is 0.956. The van der Waals surface area contributed by atoms with Crippen LogP contribution >= 0.6 is 31.9 Å². The van der Waals surface area contributed by atoms with Gasteiger partial charge in [-0.1, -0.05) is 28.1 Å². The fraction of sp³-hybridized carbons (Fsp3) is 0.0833. The van der Waals surface area contributed by atoms with Crippen molar-refractivity contribution in [2.24, 2.45) is 0 Å². The number of pyridine rings is 1. The van der Waals surface area contributed by atoms with Crippen molar-refractivity contribution >= 4 is 43.4 Å². The number of nitrogens with zero attached hydrogens (tertiary/aromatic N) is 2. The van der Waals surface area contributed by atoms with E-state index in [1.54, 1.807) is 0 Å². The van der Waals surface area contributed by atoms with Gasteiger partial charge in [-0.3, -0.25) is 10.1 Å². The van der Waals surface area contributed by atoms with Crippen LogP contribution in [0.1, 0.15) is 5.56 Å². The average molecular weight is 387 g/mol. The first kappa shape index (κ1) is 14.0. The number of anilines is 1. The van der Waals surface area contributed by atoms with E-state index in [2.05, 4.69) is 42.2 Å². The van der Waals surface area contributed by atoms with Gasteiger partial charge < -0.3 is 5.32 Å². The van der Waals surface area contributed by atoms with Gasteiger partial charge in [0.1, 0.15) is 0 Å². The fourth-order valence-electron chi connectivity index (χ4n) is 1.54. The Balaban J connectivity index is 2.17. The predicted octanol–water partition coefficient (Wildman–Crippen LogP) is 4.13. The fourth-order valence-corrected chi connectivity index (χ4v) is 2.30. The van der Waals surface area contributed by atoms with Crippen LogP contribution in [0.25, 0.3) is 0 Å². The van der Waals surface area contributed by atoms with E-state index >= 15 is 0 Å². The van der Waals surface area contributed by atoms with E-state index in [0.29, 0.717) is 11.0 Å². The smallest absolute Gasteiger partial charge is 0.312 e. The molecule has 0 amide bonds. The van der Waals surface area contributed by atoms with Crippen LogP contribution in [0, 0.1) is 10.1 Å². The van der Waals surface area contributed by atoms with Crippen LogP contribution in [0.4, 0.5) is 11.5 Å². The van der Waals surface area contributed by atoms with E-state index in [1.165, 1.54) is 12.3 Å². The van der Waals surface area contributed by atoms with Crippen molar-refractivity contribution in [3.05, 3.63) is 61.2 Å². The minimum absolute atomic E-state index is 0.0515. The van der Waals surface area contributed by atoms with Gasteiger partial charge in [0.05, 0.1) is 4.92 Å². The predicted molar refractivity (Wildman–Crippen MR) is 80.1 cm³/mol. The molecule has 1 heterocycles. The summed E-state index contributed by atoms with van der Waals surface area (Å²) in [5, 5.41) is 13.9. The lowest BCUT2D eigenvalue weighted by Gasteiger charge is -2.06. The number of nitrogens with one attached hydrogen (secondary N) is 1. The van der Waals surface area contributed by atoms with Gasteiger partial charge in [-0.2, -0.15) is 0 Å². The number of hydrogen-bond donors (Lipinski definition) is 1. The van der Waals surface area contributed by atoms with Crippen molar-refractivity contribution in [1.82, 2.24) is 4.98 Å². The van der Waals surface area contributed by atoms with E-state index < -0.39 is 4.92 Å². The molecule has 98 valence electrons. The normalized spacial score (nSPS) is 10.2. The summed E-state index contributed by atoms with van der Waals surface area (Å²) in [6.45, 7) is 0.467. The van der Waals surface area contributed by atoms with Gasteiger partial charge in [-0.15, -0.1) is 0 Å². The number of rotatable bonds is 4. The Kier molecular flexibility index (Phi) is 4.49. The van der Waals surface area contributed by atoms with E-state index in [-0.39, 0.29) is 11.5 Å². The van der Waals surface area contributed by atoms with Crippen LogP contribution in [-0.2, 0) is 6.54 Å². The Labute approximate surface area is 126 Å². The monoisotopic (exact) mass is 385 g/mol. The van der Waals surface area contributed by atoms with Crippen LogP contribution in [0.15, 0.2) is 45.5 Å². The maximum absolute atomic E-state index is 10.9. The van der Waals surface area contributed by atoms with Crippen LogP contribution < -0.4 is 5.32 Å². The maximum Gasteiger partial charge on any atom is 0.312 e. The summed E-state index contributed by atoms with van der Waals surface area (Å²) in [6, 6.07) is 9.13. The molecule has 0 saturated carbocycles. The molecule has 0 saturated heterocycles. The van der Waals surface area contributed by atoms with Crippen LogP contribution in [0.5, 0.6) is 0 Å². The highest BCUT2D eigenvalue weighted by atomic mass is 79.9. The second kappa shape index (κ2) is 6.12. The number of hydrogen-bond acceptors (Lipinski definition) is 4. The summed E-state index contributed by atoms with van der Waals surface area (Å²) in [4.78, 5) is 14.5. The van der Waals surface area contributed by atoms with Gasteiger partial charge in [0.15, 0.2) is 0 Å². The van der Waals surface area contributed by atoms with Crippen molar-refractivity contribution in [2.75, 3.05) is 5.32 Å². The molecule has 0 spiro atoms. The van der Waals surface area contributed by atoms with E-state index in [9.17, 15) is 10.1 Å². The molecular formula is C12H9Br2N3O2. The quantitative estimate of drug-likeness (QED) is 0.633. The lowest BCUT2D eigenvalue weighted by molar-refractivity contribution is -0.384. The van der Waals surface area contributed by atoms with E-state index in [1.807, 2.05) is 24.3 Å². The molecule has 0 radical (unpaired) electrons. The molecule has 0 atom stereocenters. The van der Waals surface area contributed by atoms with Crippen LogP contribution in [0.3, 0.4) is 0 Å². The van der Waals surface area contributed by atoms with E-state index in [4.69, 9.17) is 0 Å². The Morgan fingerprint density at radius 1 is 1.26 bits per heavy atom. The minimum atomic E-state index is -0.457. The molecule has 0 unspecified atom stereocenters. The number of benzene rings is 1. The molecule has 0 aliphatic rings. The Bertz CT molecular complexity index is 620. The lowest BCUT2D eigenvalue weighted by Crippen LogP contribution is -2.04. The molecule has 0 aliphatic heterocycles. The summed E-state index contributed by atoms with van der Waals surface area (Å²) < 4.78 is 1.54. The topological polar surface area (TPSA) is 68.1 Å². The van der Waals surface area contributed by atoms with Crippen molar-refractivity contribution in [3.8, 4) is 0 Å². The summed E-state index contributed by atoms with van der Waals surface area (Å²) in [7, 11) is 0. The maximum atomic E-state index is 10.9. The average Bonchev–Trinajstić information content (AvgIpc) is 2.37. The van der Waals surface area contributed by atoms with Gasteiger partial charge in [0.2, 0.25) is 5.82 Å². The molecule has 1 aromatic heterocycles. The molecule has 0 fully saturated rings. The molecule has 19 heavy (non-hydrogen) atoms. The second-order valence-corrected chi connectivity index (χ2v) is 5.59. The van der Waals surface area contributed by atoms with Gasteiger partial charge >= 0.3 is 5.69 Å². The van der Waals surface area contributed by atoms with Crippen molar-refractivity contribution in [1.29, 1.82) is 0 Å². The molecule has 2 aromatic rings. The highest BCUT2D eigenvalue weighted by molar-refractivity contribution is 9.10. The molecule has 5 nitrogen and oxygen atoms in total. The largest absolute Gasteiger partial charge is 0.360 e. The number of halogens is 2. The number of aromatic nitrogens is 1. The highest BCUT2D eigenvalue weighted by Crippen LogP contribution is 2.25. The zero-order chi connectivity index (χ0) is 13.8. The lowest BCUT2D eigenvalue weighted by atomic mass is 10.2. The van der Waals surface area contributed by atoms with Gasteiger partial charge in [-0.05, 0) is 33.6 Å². The molecule has 0 bridgehead atoms. The summed E-state index contributed by atoms with van der Waals surface area (Å²) in [6.07, 6.45) is 1.52. The summed E-state index contributed by atoms with van der Waals surface area (Å²) >= 11 is 6.55. The van der Waals surface area contributed by atoms with Gasteiger partial charge in [0.25, 0.3) is 0 Å². The zero-order valence-electron chi connectivity index (χ0n) is 9.64. The summed E-state index contributed by atoms with van der Waals surface area (Å²) in [5.74, 6) is 0.258. The molecule has 0 aliphatic carbocycles. The Hall–Kier alpha value is -1.47.